The molecule has 0 aromatic carbocycles. The number of carbonyl (C=O) groups is 1. The van der Waals surface area contributed by atoms with Crippen LogP contribution < -0.4 is 0 Å². The SMILES string of the molecule is COC(=O)c1cnc(-n2cnc([N+](=O)[O-])n2)cn1. The highest BCUT2D eigenvalue weighted by atomic mass is 16.6. The summed E-state index contributed by atoms with van der Waals surface area (Å²) >= 11 is 0. The van der Waals surface area contributed by atoms with Gasteiger partial charge in [-0.25, -0.2) is 14.8 Å². The monoisotopic (exact) mass is 250 g/mol. The van der Waals surface area contributed by atoms with Crippen molar-refractivity contribution in [2.75, 3.05) is 7.11 Å². The molecule has 2 aromatic rings. The van der Waals surface area contributed by atoms with Crippen LogP contribution in [-0.2, 0) is 4.74 Å². The number of hydrogen-bond donors (Lipinski definition) is 0. The van der Waals surface area contributed by atoms with Crippen molar-refractivity contribution in [1.29, 1.82) is 0 Å². The van der Waals surface area contributed by atoms with Crippen molar-refractivity contribution in [3.05, 3.63) is 34.5 Å². The van der Waals surface area contributed by atoms with Gasteiger partial charge in [0, 0.05) is 5.10 Å². The first-order valence-electron chi connectivity index (χ1n) is 4.58. The maximum atomic E-state index is 11.1. The minimum Gasteiger partial charge on any atom is -0.464 e. The van der Waals surface area contributed by atoms with E-state index in [2.05, 4.69) is 24.8 Å². The predicted octanol–water partition coefficient (Wildman–Crippen LogP) is -0.248. The highest BCUT2D eigenvalue weighted by molar-refractivity contribution is 5.86. The summed E-state index contributed by atoms with van der Waals surface area (Å²) in [6.45, 7) is 0. The standard InChI is InChI=1S/C8H6N6O4/c1-18-7(15)5-2-10-6(3-9-5)13-4-11-8(12-13)14(16)17/h2-4H,1H3. The van der Waals surface area contributed by atoms with Gasteiger partial charge in [0.1, 0.15) is 0 Å². The zero-order valence-electron chi connectivity index (χ0n) is 9.05. The first kappa shape index (κ1) is 11.6. The molecular weight excluding hydrogens is 244 g/mol. The Bertz CT molecular complexity index is 592. The van der Waals surface area contributed by atoms with Gasteiger partial charge in [-0.05, 0) is 4.92 Å². The molecule has 0 aliphatic rings. The first-order valence-corrected chi connectivity index (χ1v) is 4.58. The molecule has 18 heavy (non-hydrogen) atoms. The second-order valence-corrected chi connectivity index (χ2v) is 3.00. The van der Waals surface area contributed by atoms with Gasteiger partial charge in [-0.3, -0.25) is 0 Å². The number of carbonyl (C=O) groups excluding carboxylic acids is 1. The quantitative estimate of drug-likeness (QED) is 0.414. The Morgan fingerprint density at radius 3 is 2.67 bits per heavy atom. The first-order chi connectivity index (χ1) is 8.61. The second kappa shape index (κ2) is 4.53. The molecule has 2 heterocycles. The highest BCUT2D eigenvalue weighted by Crippen LogP contribution is 2.06. The van der Waals surface area contributed by atoms with Crippen LogP contribution in [-0.4, -0.2) is 42.7 Å². The van der Waals surface area contributed by atoms with Crippen LogP contribution in [0.2, 0.25) is 0 Å². The van der Waals surface area contributed by atoms with E-state index in [4.69, 9.17) is 0 Å². The van der Waals surface area contributed by atoms with Crippen LogP contribution in [0.15, 0.2) is 18.7 Å². The van der Waals surface area contributed by atoms with E-state index in [1.807, 2.05) is 0 Å². The number of hydrogen-bond acceptors (Lipinski definition) is 8. The Kier molecular flexibility index (Phi) is 2.91. The van der Waals surface area contributed by atoms with Crippen molar-refractivity contribution >= 4 is 11.9 Å². The molecule has 0 saturated heterocycles. The molecule has 0 radical (unpaired) electrons. The minimum absolute atomic E-state index is 0.0239. The summed E-state index contributed by atoms with van der Waals surface area (Å²) < 4.78 is 5.53. The Morgan fingerprint density at radius 1 is 1.39 bits per heavy atom. The smallest absolute Gasteiger partial charge is 0.464 e. The van der Waals surface area contributed by atoms with E-state index in [1.165, 1.54) is 19.5 Å². The molecule has 2 rings (SSSR count). The number of rotatable bonds is 3. The van der Waals surface area contributed by atoms with Gasteiger partial charge in [0.05, 0.1) is 19.5 Å². The summed E-state index contributed by atoms with van der Waals surface area (Å²) in [5.41, 5.74) is 0.0239. The van der Waals surface area contributed by atoms with Crippen LogP contribution in [0.4, 0.5) is 5.95 Å². The van der Waals surface area contributed by atoms with Gasteiger partial charge in [0.25, 0.3) is 0 Å². The molecule has 0 unspecified atom stereocenters. The van der Waals surface area contributed by atoms with Crippen LogP contribution >= 0.6 is 0 Å². The van der Waals surface area contributed by atoms with Crippen LogP contribution in [0, 0.1) is 10.1 Å². The fourth-order valence-corrected chi connectivity index (χ4v) is 1.10. The zero-order chi connectivity index (χ0) is 13.1. The molecule has 10 nitrogen and oxygen atoms in total. The Labute approximate surface area is 99.4 Å². The van der Waals surface area contributed by atoms with Gasteiger partial charge in [-0.2, -0.15) is 0 Å². The Balaban J connectivity index is 2.28. The summed E-state index contributed by atoms with van der Waals surface area (Å²) in [7, 11) is 1.22. The van der Waals surface area contributed by atoms with Crippen LogP contribution in [0.25, 0.3) is 5.82 Å². The molecule has 0 atom stereocenters. The summed E-state index contributed by atoms with van der Waals surface area (Å²) in [5, 5.41) is 14.0. The number of esters is 1. The molecule has 2 aromatic heterocycles. The molecule has 0 amide bonds. The van der Waals surface area contributed by atoms with Gasteiger partial charge >= 0.3 is 11.9 Å². The molecule has 0 saturated carbocycles. The maximum Gasteiger partial charge on any atom is 0.491 e. The predicted molar refractivity (Wildman–Crippen MR) is 54.9 cm³/mol. The van der Waals surface area contributed by atoms with Crippen LogP contribution in [0.3, 0.4) is 0 Å². The fourth-order valence-electron chi connectivity index (χ4n) is 1.10. The van der Waals surface area contributed by atoms with E-state index >= 15 is 0 Å². The molecule has 0 fully saturated rings. The average Bonchev–Trinajstić information content (AvgIpc) is 2.88. The van der Waals surface area contributed by atoms with Crippen molar-refractivity contribution in [2.45, 2.75) is 0 Å². The molecule has 0 N–H and O–H groups in total. The lowest BCUT2D eigenvalue weighted by Crippen LogP contribution is -2.07. The maximum absolute atomic E-state index is 11.1. The molecule has 0 aliphatic carbocycles. The Morgan fingerprint density at radius 2 is 2.17 bits per heavy atom. The van der Waals surface area contributed by atoms with E-state index in [-0.39, 0.29) is 11.5 Å². The normalized spacial score (nSPS) is 10.1. The average molecular weight is 250 g/mol. The molecule has 10 heteroatoms. The largest absolute Gasteiger partial charge is 0.491 e. The lowest BCUT2D eigenvalue weighted by atomic mass is 10.4. The number of methoxy groups -OCH3 is 1. The summed E-state index contributed by atoms with van der Waals surface area (Å²) in [4.78, 5) is 31.9. The van der Waals surface area contributed by atoms with Gasteiger partial charge in [-0.15, -0.1) is 4.68 Å². The van der Waals surface area contributed by atoms with Gasteiger partial charge < -0.3 is 14.9 Å². The number of nitrogens with zero attached hydrogens (tertiary/aromatic N) is 6. The summed E-state index contributed by atoms with van der Waals surface area (Å²) in [6.07, 6.45) is 3.53. The number of nitro groups is 1. The lowest BCUT2D eigenvalue weighted by Gasteiger charge is -1.98. The lowest BCUT2D eigenvalue weighted by molar-refractivity contribution is -0.394. The third kappa shape index (κ3) is 2.11. The van der Waals surface area contributed by atoms with E-state index < -0.39 is 16.8 Å². The van der Waals surface area contributed by atoms with Crippen molar-refractivity contribution in [1.82, 2.24) is 24.7 Å². The third-order valence-corrected chi connectivity index (χ3v) is 1.91. The van der Waals surface area contributed by atoms with Gasteiger partial charge in [0.15, 0.2) is 11.5 Å². The Hall–Kier alpha value is -2.91. The van der Waals surface area contributed by atoms with Gasteiger partial charge in [0.2, 0.25) is 6.33 Å². The second-order valence-electron chi connectivity index (χ2n) is 3.00. The van der Waals surface area contributed by atoms with E-state index in [9.17, 15) is 14.9 Å². The molecule has 0 spiro atoms. The highest BCUT2D eigenvalue weighted by Gasteiger charge is 2.16. The van der Waals surface area contributed by atoms with Gasteiger partial charge in [-0.1, -0.05) is 4.98 Å². The van der Waals surface area contributed by atoms with E-state index in [1.54, 1.807) is 0 Å². The van der Waals surface area contributed by atoms with Crippen LogP contribution in [0.1, 0.15) is 10.5 Å². The molecule has 92 valence electrons. The number of ether oxygens (including phenoxy) is 1. The molecule has 0 aliphatic heterocycles. The number of aromatic nitrogens is 5. The molecule has 0 bridgehead atoms. The summed E-state index contributed by atoms with van der Waals surface area (Å²) in [6, 6.07) is 0. The van der Waals surface area contributed by atoms with E-state index in [0.717, 1.165) is 11.0 Å². The van der Waals surface area contributed by atoms with Crippen LogP contribution in [0.5, 0.6) is 0 Å². The van der Waals surface area contributed by atoms with Crippen molar-refractivity contribution in [3.63, 3.8) is 0 Å². The van der Waals surface area contributed by atoms with E-state index in [0.29, 0.717) is 0 Å². The minimum atomic E-state index is -0.729. The fraction of sp³-hybridized carbons (Fsp3) is 0.125. The summed E-state index contributed by atoms with van der Waals surface area (Å²) in [5.74, 6) is -0.976. The van der Waals surface area contributed by atoms with Crippen molar-refractivity contribution in [3.8, 4) is 5.82 Å². The molecular formula is C8H6N6O4. The van der Waals surface area contributed by atoms with Crippen molar-refractivity contribution in [2.24, 2.45) is 0 Å². The third-order valence-electron chi connectivity index (χ3n) is 1.91. The van der Waals surface area contributed by atoms with Crippen molar-refractivity contribution < 1.29 is 14.5 Å². The topological polar surface area (TPSA) is 126 Å². The zero-order valence-corrected chi connectivity index (χ0v) is 9.05.